The molecule has 0 N–H and O–H groups in total. The Morgan fingerprint density at radius 3 is 2.40 bits per heavy atom. The SMILES string of the molecule is CC#CC(=O)C1CCC2(CC1)OCCO2. The quantitative estimate of drug-likeness (QED) is 0.484. The van der Waals surface area contributed by atoms with Crippen molar-refractivity contribution in [2.45, 2.75) is 38.4 Å². The summed E-state index contributed by atoms with van der Waals surface area (Å²) in [5.74, 6) is 5.09. The second-order valence-electron chi connectivity index (χ2n) is 4.12. The molecule has 0 aromatic rings. The highest BCUT2D eigenvalue weighted by Crippen LogP contribution is 2.38. The summed E-state index contributed by atoms with van der Waals surface area (Å²) in [6.07, 6.45) is 3.34. The molecule has 0 aromatic carbocycles. The molecule has 0 unspecified atom stereocenters. The van der Waals surface area contributed by atoms with E-state index in [1.165, 1.54) is 0 Å². The maximum atomic E-state index is 11.5. The Bertz CT molecular complexity index is 295. The average Bonchev–Trinajstić information content (AvgIpc) is 2.68. The molecule has 0 bridgehead atoms. The van der Waals surface area contributed by atoms with Crippen LogP contribution in [-0.2, 0) is 14.3 Å². The molecule has 3 heteroatoms. The van der Waals surface area contributed by atoms with Crippen LogP contribution >= 0.6 is 0 Å². The van der Waals surface area contributed by atoms with Crippen molar-refractivity contribution in [3.63, 3.8) is 0 Å². The van der Waals surface area contributed by atoms with Gasteiger partial charge in [0.2, 0.25) is 5.78 Å². The third-order valence-electron chi connectivity index (χ3n) is 3.18. The largest absolute Gasteiger partial charge is 0.348 e. The minimum atomic E-state index is -0.365. The third kappa shape index (κ3) is 2.22. The molecule has 1 saturated carbocycles. The van der Waals surface area contributed by atoms with Crippen molar-refractivity contribution in [1.82, 2.24) is 0 Å². The van der Waals surface area contributed by atoms with Crippen LogP contribution in [0.3, 0.4) is 0 Å². The van der Waals surface area contributed by atoms with E-state index in [-0.39, 0.29) is 17.5 Å². The minimum absolute atomic E-state index is 0.0744. The highest BCUT2D eigenvalue weighted by molar-refractivity contribution is 5.97. The number of ketones is 1. The predicted octanol–water partition coefficient (Wildman–Crippen LogP) is 1.51. The first-order chi connectivity index (χ1) is 7.26. The van der Waals surface area contributed by atoms with Crippen molar-refractivity contribution in [2.75, 3.05) is 13.2 Å². The molecular formula is C12H16O3. The van der Waals surface area contributed by atoms with Crippen LogP contribution in [0.4, 0.5) is 0 Å². The first-order valence-electron chi connectivity index (χ1n) is 5.50. The van der Waals surface area contributed by atoms with E-state index in [0.29, 0.717) is 13.2 Å². The second-order valence-corrected chi connectivity index (χ2v) is 4.12. The number of ether oxygens (including phenoxy) is 2. The zero-order valence-electron chi connectivity index (χ0n) is 9.04. The van der Waals surface area contributed by atoms with E-state index in [9.17, 15) is 4.79 Å². The Morgan fingerprint density at radius 1 is 1.27 bits per heavy atom. The van der Waals surface area contributed by atoms with Gasteiger partial charge in [0, 0.05) is 18.8 Å². The van der Waals surface area contributed by atoms with E-state index in [0.717, 1.165) is 25.7 Å². The van der Waals surface area contributed by atoms with E-state index in [1.54, 1.807) is 6.92 Å². The average molecular weight is 208 g/mol. The summed E-state index contributed by atoms with van der Waals surface area (Å²) in [5.41, 5.74) is 0. The molecule has 2 aliphatic rings. The first kappa shape index (κ1) is 10.7. The summed E-state index contributed by atoms with van der Waals surface area (Å²) >= 11 is 0. The van der Waals surface area contributed by atoms with Gasteiger partial charge in [-0.25, -0.2) is 0 Å². The molecule has 82 valence electrons. The van der Waals surface area contributed by atoms with E-state index < -0.39 is 0 Å². The minimum Gasteiger partial charge on any atom is -0.348 e. The Morgan fingerprint density at radius 2 is 1.87 bits per heavy atom. The number of carbonyl (C=O) groups is 1. The second kappa shape index (κ2) is 4.34. The van der Waals surface area contributed by atoms with Gasteiger partial charge < -0.3 is 9.47 Å². The van der Waals surface area contributed by atoms with Crippen molar-refractivity contribution >= 4 is 5.78 Å². The molecule has 0 amide bonds. The monoisotopic (exact) mass is 208 g/mol. The van der Waals surface area contributed by atoms with Gasteiger partial charge in [-0.2, -0.15) is 0 Å². The van der Waals surface area contributed by atoms with Crippen LogP contribution in [0.5, 0.6) is 0 Å². The predicted molar refractivity (Wildman–Crippen MR) is 55.1 cm³/mol. The Labute approximate surface area is 90.1 Å². The van der Waals surface area contributed by atoms with Crippen LogP contribution in [0.25, 0.3) is 0 Å². The van der Waals surface area contributed by atoms with Crippen LogP contribution in [0.1, 0.15) is 32.6 Å². The lowest BCUT2D eigenvalue weighted by Gasteiger charge is -2.34. The normalized spacial score (nSPS) is 24.9. The van der Waals surface area contributed by atoms with Crippen LogP contribution in [0.15, 0.2) is 0 Å². The molecule has 15 heavy (non-hydrogen) atoms. The zero-order valence-corrected chi connectivity index (χ0v) is 9.04. The Hall–Kier alpha value is -0.850. The number of hydrogen-bond acceptors (Lipinski definition) is 3. The summed E-state index contributed by atoms with van der Waals surface area (Å²) < 4.78 is 11.2. The topological polar surface area (TPSA) is 35.5 Å². The van der Waals surface area contributed by atoms with Gasteiger partial charge in [-0.1, -0.05) is 5.92 Å². The van der Waals surface area contributed by atoms with Crippen LogP contribution < -0.4 is 0 Å². The third-order valence-corrected chi connectivity index (χ3v) is 3.18. The molecule has 2 fully saturated rings. The van der Waals surface area contributed by atoms with Crippen LogP contribution in [0, 0.1) is 17.8 Å². The molecular weight excluding hydrogens is 192 g/mol. The number of carbonyl (C=O) groups excluding carboxylic acids is 1. The fourth-order valence-corrected chi connectivity index (χ4v) is 2.33. The van der Waals surface area contributed by atoms with Crippen LogP contribution in [-0.4, -0.2) is 24.8 Å². The fraction of sp³-hybridized carbons (Fsp3) is 0.750. The lowest BCUT2D eigenvalue weighted by Crippen LogP contribution is -2.36. The van der Waals surface area contributed by atoms with E-state index in [4.69, 9.17) is 9.47 Å². The summed E-state index contributed by atoms with van der Waals surface area (Å²) in [6, 6.07) is 0. The highest BCUT2D eigenvalue weighted by atomic mass is 16.7. The lowest BCUT2D eigenvalue weighted by atomic mass is 9.83. The van der Waals surface area contributed by atoms with E-state index in [2.05, 4.69) is 11.8 Å². The fourth-order valence-electron chi connectivity index (χ4n) is 2.33. The van der Waals surface area contributed by atoms with Gasteiger partial charge in [0.05, 0.1) is 13.2 Å². The summed E-state index contributed by atoms with van der Waals surface area (Å²) in [4.78, 5) is 11.5. The van der Waals surface area contributed by atoms with Gasteiger partial charge in [-0.15, -0.1) is 0 Å². The van der Waals surface area contributed by atoms with Crippen molar-refractivity contribution in [1.29, 1.82) is 0 Å². The summed E-state index contributed by atoms with van der Waals surface area (Å²) in [6.45, 7) is 3.08. The van der Waals surface area contributed by atoms with Crippen molar-refractivity contribution in [2.24, 2.45) is 5.92 Å². The first-order valence-corrected chi connectivity index (χ1v) is 5.50. The number of hydrogen-bond donors (Lipinski definition) is 0. The van der Waals surface area contributed by atoms with Crippen molar-refractivity contribution in [3.05, 3.63) is 0 Å². The van der Waals surface area contributed by atoms with Gasteiger partial charge in [0.25, 0.3) is 0 Å². The van der Waals surface area contributed by atoms with E-state index >= 15 is 0 Å². The Balaban J connectivity index is 1.90. The number of Topliss-reactive ketones (excluding diaryl/α,β-unsaturated/α-hetero) is 1. The van der Waals surface area contributed by atoms with Crippen LogP contribution in [0.2, 0.25) is 0 Å². The smallest absolute Gasteiger partial charge is 0.208 e. The molecule has 1 aliphatic carbocycles. The molecule has 1 heterocycles. The molecule has 1 saturated heterocycles. The molecule has 3 nitrogen and oxygen atoms in total. The van der Waals surface area contributed by atoms with Gasteiger partial charge in [0.15, 0.2) is 5.79 Å². The standard InChI is InChI=1S/C12H16O3/c1-2-3-11(13)10-4-6-12(7-5-10)14-8-9-15-12/h10H,4-9H2,1H3. The molecule has 0 aromatic heterocycles. The molecule has 0 radical (unpaired) electrons. The highest BCUT2D eigenvalue weighted by Gasteiger charge is 2.41. The van der Waals surface area contributed by atoms with Gasteiger partial charge >= 0.3 is 0 Å². The molecule has 0 atom stereocenters. The zero-order chi connectivity index (χ0) is 10.7. The molecule has 2 rings (SSSR count). The maximum Gasteiger partial charge on any atom is 0.208 e. The van der Waals surface area contributed by atoms with Crippen molar-refractivity contribution in [3.8, 4) is 11.8 Å². The maximum absolute atomic E-state index is 11.5. The molecule has 1 aliphatic heterocycles. The van der Waals surface area contributed by atoms with Gasteiger partial charge in [0.1, 0.15) is 0 Å². The van der Waals surface area contributed by atoms with Crippen molar-refractivity contribution < 1.29 is 14.3 Å². The molecule has 1 spiro atoms. The lowest BCUT2D eigenvalue weighted by molar-refractivity contribution is -0.182. The van der Waals surface area contributed by atoms with E-state index in [1.807, 2.05) is 0 Å². The number of rotatable bonds is 1. The van der Waals surface area contributed by atoms with Gasteiger partial charge in [-0.3, -0.25) is 4.79 Å². The summed E-state index contributed by atoms with van der Waals surface area (Å²) in [5, 5.41) is 0. The van der Waals surface area contributed by atoms with Gasteiger partial charge in [-0.05, 0) is 25.7 Å². The Kier molecular flexibility index (Phi) is 3.08. The summed E-state index contributed by atoms with van der Waals surface area (Å²) in [7, 11) is 0.